The Kier molecular flexibility index (Phi) is 4.68. The molecule has 2 aliphatic rings. The summed E-state index contributed by atoms with van der Waals surface area (Å²) in [5.74, 6) is 0.874. The molecule has 2 aliphatic carbocycles. The van der Waals surface area contributed by atoms with E-state index >= 15 is 0 Å². The summed E-state index contributed by atoms with van der Waals surface area (Å²) in [7, 11) is 0. The highest BCUT2D eigenvalue weighted by atomic mass is 79.9. The fraction of sp³-hybridized carbons (Fsp3) is 1.00. The van der Waals surface area contributed by atoms with Crippen LogP contribution in [0.5, 0.6) is 0 Å². The van der Waals surface area contributed by atoms with Crippen LogP contribution in [0.25, 0.3) is 0 Å². The molecule has 0 bridgehead atoms. The van der Waals surface area contributed by atoms with Gasteiger partial charge in [0.05, 0.1) is 24.9 Å². The normalized spacial score (nSPS) is 35.2. The molecule has 0 N–H and O–H groups in total. The molecule has 3 heteroatoms. The number of hydrogen-bond acceptors (Lipinski definition) is 2. The first-order valence-electron chi connectivity index (χ1n) is 6.56. The lowest BCUT2D eigenvalue weighted by molar-refractivity contribution is -0.0793. The van der Waals surface area contributed by atoms with Gasteiger partial charge < -0.3 is 9.47 Å². The first-order chi connectivity index (χ1) is 7.74. The van der Waals surface area contributed by atoms with Crippen LogP contribution >= 0.6 is 15.9 Å². The minimum absolute atomic E-state index is 0.0966. The van der Waals surface area contributed by atoms with Gasteiger partial charge in [-0.1, -0.05) is 22.9 Å². The predicted molar refractivity (Wildman–Crippen MR) is 69.1 cm³/mol. The van der Waals surface area contributed by atoms with Gasteiger partial charge >= 0.3 is 0 Å². The van der Waals surface area contributed by atoms with Crippen molar-refractivity contribution in [3.05, 3.63) is 0 Å². The van der Waals surface area contributed by atoms with Gasteiger partial charge in [-0.05, 0) is 44.4 Å². The Morgan fingerprint density at radius 1 is 1.12 bits per heavy atom. The van der Waals surface area contributed by atoms with Crippen LogP contribution < -0.4 is 0 Å². The molecule has 0 unspecified atom stereocenters. The lowest BCUT2D eigenvalue weighted by Gasteiger charge is -2.38. The molecule has 2 nitrogen and oxygen atoms in total. The monoisotopic (exact) mass is 290 g/mol. The standard InChI is InChI=1S/C13H23BrO2/c1-11-4-6-13(10-14,7-5-11)16-9-8-15-12-2-3-12/h11-12H,2-10H2,1H3. The molecule has 0 heterocycles. The topological polar surface area (TPSA) is 18.5 Å². The quantitative estimate of drug-likeness (QED) is 0.550. The molecule has 16 heavy (non-hydrogen) atoms. The second-order valence-electron chi connectivity index (χ2n) is 5.42. The minimum Gasteiger partial charge on any atom is -0.376 e. The Bertz CT molecular complexity index is 208. The van der Waals surface area contributed by atoms with Crippen LogP contribution in [0, 0.1) is 5.92 Å². The van der Waals surface area contributed by atoms with Crippen molar-refractivity contribution in [1.29, 1.82) is 0 Å². The molecule has 0 aliphatic heterocycles. The van der Waals surface area contributed by atoms with E-state index in [-0.39, 0.29) is 5.60 Å². The third-order valence-corrected chi connectivity index (χ3v) is 4.82. The third-order valence-electron chi connectivity index (χ3n) is 3.80. The molecule has 94 valence electrons. The van der Waals surface area contributed by atoms with E-state index in [4.69, 9.17) is 9.47 Å². The lowest BCUT2D eigenvalue weighted by atomic mass is 9.80. The van der Waals surface area contributed by atoms with Crippen molar-refractivity contribution in [2.45, 2.75) is 57.2 Å². The zero-order valence-electron chi connectivity index (χ0n) is 10.2. The van der Waals surface area contributed by atoms with Crippen molar-refractivity contribution in [1.82, 2.24) is 0 Å². The highest BCUT2D eigenvalue weighted by Crippen LogP contribution is 2.36. The summed E-state index contributed by atoms with van der Waals surface area (Å²) in [4.78, 5) is 0. The maximum atomic E-state index is 6.07. The fourth-order valence-corrected chi connectivity index (χ4v) is 3.04. The number of rotatable bonds is 6. The van der Waals surface area contributed by atoms with Crippen LogP contribution in [0.15, 0.2) is 0 Å². The molecular weight excluding hydrogens is 268 g/mol. The Labute approximate surface area is 107 Å². The van der Waals surface area contributed by atoms with E-state index in [1.165, 1.54) is 38.5 Å². The van der Waals surface area contributed by atoms with Crippen LogP contribution in [-0.2, 0) is 9.47 Å². The second-order valence-corrected chi connectivity index (χ2v) is 5.98. The first kappa shape index (κ1) is 12.8. The zero-order chi connectivity index (χ0) is 11.4. The number of halogens is 1. The minimum atomic E-state index is 0.0966. The van der Waals surface area contributed by atoms with E-state index < -0.39 is 0 Å². The van der Waals surface area contributed by atoms with Crippen molar-refractivity contribution in [3.63, 3.8) is 0 Å². The molecule has 0 atom stereocenters. The smallest absolute Gasteiger partial charge is 0.0780 e. The van der Waals surface area contributed by atoms with E-state index in [9.17, 15) is 0 Å². The highest BCUT2D eigenvalue weighted by molar-refractivity contribution is 9.09. The third kappa shape index (κ3) is 3.71. The van der Waals surface area contributed by atoms with Gasteiger partial charge in [-0.2, -0.15) is 0 Å². The van der Waals surface area contributed by atoms with Crippen LogP contribution in [0.3, 0.4) is 0 Å². The van der Waals surface area contributed by atoms with Gasteiger partial charge in [0.2, 0.25) is 0 Å². The van der Waals surface area contributed by atoms with Gasteiger partial charge in [-0.25, -0.2) is 0 Å². The summed E-state index contributed by atoms with van der Waals surface area (Å²) in [6.07, 6.45) is 8.05. The fourth-order valence-electron chi connectivity index (χ4n) is 2.31. The SMILES string of the molecule is CC1CCC(CBr)(OCCOC2CC2)CC1. The summed E-state index contributed by atoms with van der Waals surface area (Å²) in [5.41, 5.74) is 0.0966. The maximum absolute atomic E-state index is 6.07. The number of hydrogen-bond donors (Lipinski definition) is 0. The molecule has 0 radical (unpaired) electrons. The Morgan fingerprint density at radius 3 is 2.38 bits per heavy atom. The molecule has 0 aromatic heterocycles. The summed E-state index contributed by atoms with van der Waals surface area (Å²) < 4.78 is 11.7. The Hall–Kier alpha value is 0.400. The van der Waals surface area contributed by atoms with Crippen LogP contribution in [-0.4, -0.2) is 30.2 Å². The molecule has 0 saturated heterocycles. The van der Waals surface area contributed by atoms with E-state index in [2.05, 4.69) is 22.9 Å². The van der Waals surface area contributed by atoms with E-state index in [1.807, 2.05) is 0 Å². The molecule has 2 saturated carbocycles. The lowest BCUT2D eigenvalue weighted by Crippen LogP contribution is -2.39. The van der Waals surface area contributed by atoms with E-state index in [0.717, 1.165) is 24.5 Å². The highest BCUT2D eigenvalue weighted by Gasteiger charge is 2.34. The summed E-state index contributed by atoms with van der Waals surface area (Å²) in [6, 6.07) is 0. The predicted octanol–water partition coefficient (Wildman–Crippen LogP) is 3.53. The van der Waals surface area contributed by atoms with Crippen LogP contribution in [0.1, 0.15) is 45.4 Å². The summed E-state index contributed by atoms with van der Waals surface area (Å²) in [5, 5.41) is 0.968. The Balaban J connectivity index is 1.66. The number of ether oxygens (including phenoxy) is 2. The van der Waals surface area contributed by atoms with Crippen molar-refractivity contribution < 1.29 is 9.47 Å². The largest absolute Gasteiger partial charge is 0.376 e. The average Bonchev–Trinajstić information content (AvgIpc) is 3.12. The second kappa shape index (κ2) is 5.83. The molecular formula is C13H23BrO2. The average molecular weight is 291 g/mol. The van der Waals surface area contributed by atoms with Crippen molar-refractivity contribution in [2.24, 2.45) is 5.92 Å². The van der Waals surface area contributed by atoms with Gasteiger partial charge in [-0.15, -0.1) is 0 Å². The van der Waals surface area contributed by atoms with Gasteiger partial charge in [-0.3, -0.25) is 0 Å². The van der Waals surface area contributed by atoms with Crippen molar-refractivity contribution in [3.8, 4) is 0 Å². The van der Waals surface area contributed by atoms with Crippen LogP contribution in [0.2, 0.25) is 0 Å². The van der Waals surface area contributed by atoms with Gasteiger partial charge in [0.25, 0.3) is 0 Å². The molecule has 0 spiro atoms. The molecule has 2 fully saturated rings. The summed E-state index contributed by atoms with van der Waals surface area (Å²) in [6.45, 7) is 3.87. The van der Waals surface area contributed by atoms with Crippen molar-refractivity contribution in [2.75, 3.05) is 18.5 Å². The first-order valence-corrected chi connectivity index (χ1v) is 7.68. The van der Waals surface area contributed by atoms with Gasteiger partial charge in [0, 0.05) is 5.33 Å². The molecule has 0 aromatic carbocycles. The maximum Gasteiger partial charge on any atom is 0.0780 e. The van der Waals surface area contributed by atoms with Crippen molar-refractivity contribution >= 4 is 15.9 Å². The molecule has 0 amide bonds. The van der Waals surface area contributed by atoms with E-state index in [1.54, 1.807) is 0 Å². The van der Waals surface area contributed by atoms with E-state index in [0.29, 0.717) is 6.10 Å². The van der Waals surface area contributed by atoms with Gasteiger partial charge in [0.1, 0.15) is 0 Å². The summed E-state index contributed by atoms with van der Waals surface area (Å²) >= 11 is 3.62. The van der Waals surface area contributed by atoms with Crippen LogP contribution in [0.4, 0.5) is 0 Å². The molecule has 0 aromatic rings. The number of alkyl halides is 1. The van der Waals surface area contributed by atoms with Gasteiger partial charge in [0.15, 0.2) is 0 Å². The Morgan fingerprint density at radius 2 is 1.81 bits per heavy atom. The zero-order valence-corrected chi connectivity index (χ0v) is 11.8. The molecule has 2 rings (SSSR count).